The number of halogens is 1. The molecule has 2 heterocycles. The van der Waals surface area contributed by atoms with Crippen LogP contribution >= 0.6 is 0 Å². The molecule has 0 bridgehead atoms. The molecular formula is C26H23FN4O. The molecule has 32 heavy (non-hydrogen) atoms. The van der Waals surface area contributed by atoms with Crippen molar-refractivity contribution in [3.05, 3.63) is 117 Å². The lowest BCUT2D eigenvalue weighted by molar-refractivity contribution is 0.590. The van der Waals surface area contributed by atoms with Gasteiger partial charge in [0, 0.05) is 30.1 Å². The van der Waals surface area contributed by atoms with Crippen molar-refractivity contribution in [1.29, 1.82) is 5.26 Å². The number of pyridine rings is 1. The molecule has 0 aliphatic heterocycles. The molecule has 0 saturated heterocycles. The number of nitriles is 1. The molecule has 4 aromatic rings. The summed E-state index contributed by atoms with van der Waals surface area (Å²) in [6.07, 6.45) is 5.68. The van der Waals surface area contributed by atoms with Gasteiger partial charge in [0.15, 0.2) is 0 Å². The quantitative estimate of drug-likeness (QED) is 0.458. The molecule has 1 atom stereocenters. The standard InChI is InChI=1S/C26H23FN4O/c1-17-9-20(7-8-25(17)30-14-18(2)29-16-30)10-23-11-21(13-28)15-31(26(23)32)19(3)22-5-4-6-24(27)12-22/h4-9,11-12,14-16,19H,10H2,1-3H3/t19-/m0/s1. The summed E-state index contributed by atoms with van der Waals surface area (Å²) in [5, 5.41) is 9.51. The monoisotopic (exact) mass is 426 g/mol. The Morgan fingerprint density at radius 3 is 2.59 bits per heavy atom. The number of hydrogen-bond acceptors (Lipinski definition) is 3. The van der Waals surface area contributed by atoms with E-state index in [2.05, 4.69) is 11.1 Å². The van der Waals surface area contributed by atoms with E-state index in [-0.39, 0.29) is 11.4 Å². The number of nitrogens with zero attached hydrogens (tertiary/aromatic N) is 4. The molecule has 0 aliphatic carbocycles. The van der Waals surface area contributed by atoms with Gasteiger partial charge in [-0.05, 0) is 61.7 Å². The van der Waals surface area contributed by atoms with Gasteiger partial charge in [0.2, 0.25) is 0 Å². The summed E-state index contributed by atoms with van der Waals surface area (Å²) in [5.74, 6) is -0.359. The van der Waals surface area contributed by atoms with Gasteiger partial charge in [-0.15, -0.1) is 0 Å². The van der Waals surface area contributed by atoms with Gasteiger partial charge in [-0.25, -0.2) is 9.37 Å². The van der Waals surface area contributed by atoms with Crippen LogP contribution in [0.1, 0.15) is 46.5 Å². The van der Waals surface area contributed by atoms with E-state index in [0.717, 1.165) is 22.5 Å². The highest BCUT2D eigenvalue weighted by molar-refractivity contribution is 5.44. The zero-order chi connectivity index (χ0) is 22.8. The number of rotatable bonds is 5. The lowest BCUT2D eigenvalue weighted by Crippen LogP contribution is -2.27. The van der Waals surface area contributed by atoms with Crippen LogP contribution in [0.15, 0.2) is 72.0 Å². The summed E-state index contributed by atoms with van der Waals surface area (Å²) in [4.78, 5) is 17.5. The minimum Gasteiger partial charge on any atom is -0.307 e. The highest BCUT2D eigenvalue weighted by atomic mass is 19.1. The van der Waals surface area contributed by atoms with Crippen LogP contribution in [0.25, 0.3) is 5.69 Å². The Labute approximate surface area is 186 Å². The predicted molar refractivity (Wildman–Crippen MR) is 121 cm³/mol. The topological polar surface area (TPSA) is 63.6 Å². The van der Waals surface area contributed by atoms with Crippen LogP contribution < -0.4 is 5.56 Å². The molecule has 2 aromatic heterocycles. The lowest BCUT2D eigenvalue weighted by atomic mass is 10.0. The first-order chi connectivity index (χ1) is 15.4. The average Bonchev–Trinajstić information content (AvgIpc) is 3.20. The molecule has 4 rings (SSSR count). The van der Waals surface area contributed by atoms with Crippen molar-refractivity contribution in [1.82, 2.24) is 14.1 Å². The highest BCUT2D eigenvalue weighted by Gasteiger charge is 2.15. The van der Waals surface area contributed by atoms with Gasteiger partial charge in [-0.3, -0.25) is 4.79 Å². The number of benzene rings is 2. The molecular weight excluding hydrogens is 403 g/mol. The molecule has 2 aromatic carbocycles. The first-order valence-electron chi connectivity index (χ1n) is 10.4. The van der Waals surface area contributed by atoms with Crippen molar-refractivity contribution in [3.63, 3.8) is 0 Å². The fourth-order valence-electron chi connectivity index (χ4n) is 3.95. The second-order valence-corrected chi connectivity index (χ2v) is 8.03. The fraction of sp³-hybridized carbons (Fsp3) is 0.192. The maximum Gasteiger partial charge on any atom is 0.254 e. The zero-order valence-corrected chi connectivity index (χ0v) is 18.2. The maximum atomic E-state index is 13.7. The van der Waals surface area contributed by atoms with Gasteiger partial charge >= 0.3 is 0 Å². The van der Waals surface area contributed by atoms with E-state index >= 15 is 0 Å². The number of imidazole rings is 1. The van der Waals surface area contributed by atoms with Crippen LogP contribution in [0.3, 0.4) is 0 Å². The normalized spacial score (nSPS) is 11.8. The second-order valence-electron chi connectivity index (χ2n) is 8.03. The summed E-state index contributed by atoms with van der Waals surface area (Å²) >= 11 is 0. The Hall–Kier alpha value is -3.98. The first-order valence-corrected chi connectivity index (χ1v) is 10.4. The Bertz CT molecular complexity index is 1390. The van der Waals surface area contributed by atoms with Crippen molar-refractivity contribution in [2.24, 2.45) is 0 Å². The Morgan fingerprint density at radius 1 is 1.12 bits per heavy atom. The summed E-state index contributed by atoms with van der Waals surface area (Å²) in [6.45, 7) is 5.79. The summed E-state index contributed by atoms with van der Waals surface area (Å²) < 4.78 is 17.2. The molecule has 0 saturated carbocycles. The van der Waals surface area contributed by atoms with E-state index < -0.39 is 6.04 Å². The van der Waals surface area contributed by atoms with E-state index in [1.54, 1.807) is 24.5 Å². The van der Waals surface area contributed by atoms with Crippen molar-refractivity contribution >= 4 is 0 Å². The maximum absolute atomic E-state index is 13.7. The fourth-order valence-corrected chi connectivity index (χ4v) is 3.95. The van der Waals surface area contributed by atoms with E-state index in [4.69, 9.17) is 0 Å². The third kappa shape index (κ3) is 4.23. The number of aromatic nitrogens is 3. The summed E-state index contributed by atoms with van der Waals surface area (Å²) in [6, 6.07) is 15.6. The molecule has 160 valence electrons. The first kappa shape index (κ1) is 21.3. The number of aryl methyl sites for hydroxylation is 2. The summed E-state index contributed by atoms with van der Waals surface area (Å²) in [5.41, 5.74) is 5.40. The van der Waals surface area contributed by atoms with Crippen LogP contribution in [0, 0.1) is 31.0 Å². The molecule has 0 N–H and O–H groups in total. The minimum atomic E-state index is -0.404. The van der Waals surface area contributed by atoms with E-state index in [9.17, 15) is 14.4 Å². The van der Waals surface area contributed by atoms with Gasteiger partial charge in [0.05, 0.1) is 23.6 Å². The molecule has 5 nitrogen and oxygen atoms in total. The molecule has 0 radical (unpaired) electrons. The largest absolute Gasteiger partial charge is 0.307 e. The molecule has 0 spiro atoms. The van der Waals surface area contributed by atoms with E-state index in [1.807, 2.05) is 49.7 Å². The van der Waals surface area contributed by atoms with Crippen LogP contribution in [-0.2, 0) is 6.42 Å². The van der Waals surface area contributed by atoms with Crippen molar-refractivity contribution < 1.29 is 4.39 Å². The van der Waals surface area contributed by atoms with Crippen molar-refractivity contribution in [2.45, 2.75) is 33.2 Å². The smallest absolute Gasteiger partial charge is 0.254 e. The van der Waals surface area contributed by atoms with Gasteiger partial charge in [-0.2, -0.15) is 5.26 Å². The second kappa shape index (κ2) is 8.64. The Balaban J connectivity index is 1.70. The van der Waals surface area contributed by atoms with Gasteiger partial charge in [0.25, 0.3) is 5.56 Å². The molecule has 0 fully saturated rings. The van der Waals surface area contributed by atoms with E-state index in [1.165, 1.54) is 22.9 Å². The van der Waals surface area contributed by atoms with Crippen molar-refractivity contribution in [3.8, 4) is 11.8 Å². The predicted octanol–water partition coefficient (Wildman–Crippen LogP) is 4.86. The van der Waals surface area contributed by atoms with Crippen LogP contribution in [0.5, 0.6) is 0 Å². The Kier molecular flexibility index (Phi) is 5.74. The van der Waals surface area contributed by atoms with Crippen LogP contribution in [0.4, 0.5) is 4.39 Å². The third-order valence-corrected chi connectivity index (χ3v) is 5.64. The lowest BCUT2D eigenvalue weighted by Gasteiger charge is -2.18. The van der Waals surface area contributed by atoms with Gasteiger partial charge < -0.3 is 9.13 Å². The average molecular weight is 426 g/mol. The van der Waals surface area contributed by atoms with Crippen LogP contribution in [-0.4, -0.2) is 14.1 Å². The molecule has 0 aliphatic rings. The van der Waals surface area contributed by atoms with Gasteiger partial charge in [0.1, 0.15) is 11.9 Å². The van der Waals surface area contributed by atoms with Crippen LogP contribution in [0.2, 0.25) is 0 Å². The summed E-state index contributed by atoms with van der Waals surface area (Å²) in [7, 11) is 0. The highest BCUT2D eigenvalue weighted by Crippen LogP contribution is 2.21. The molecule has 0 unspecified atom stereocenters. The van der Waals surface area contributed by atoms with E-state index in [0.29, 0.717) is 23.1 Å². The third-order valence-electron chi connectivity index (χ3n) is 5.64. The minimum absolute atomic E-state index is 0.187. The van der Waals surface area contributed by atoms with Gasteiger partial charge in [-0.1, -0.05) is 24.3 Å². The SMILES string of the molecule is Cc1cn(-c2ccc(Cc3cc(C#N)cn([C@@H](C)c4cccc(F)c4)c3=O)cc2C)cn1. The zero-order valence-electron chi connectivity index (χ0n) is 18.2. The molecule has 6 heteroatoms. The molecule has 0 amide bonds. The van der Waals surface area contributed by atoms with Crippen molar-refractivity contribution in [2.75, 3.05) is 0 Å². The number of hydrogen-bond donors (Lipinski definition) is 0. The Morgan fingerprint density at radius 2 is 1.94 bits per heavy atom.